The van der Waals surface area contributed by atoms with Crippen molar-refractivity contribution in [2.75, 3.05) is 13.1 Å². The first-order chi connectivity index (χ1) is 11.2. The van der Waals surface area contributed by atoms with Gasteiger partial charge in [-0.25, -0.2) is 9.59 Å². The first-order valence-corrected chi connectivity index (χ1v) is 8.27. The van der Waals surface area contributed by atoms with Crippen LogP contribution in [-0.2, 0) is 11.3 Å². The summed E-state index contributed by atoms with van der Waals surface area (Å²) >= 11 is 0. The Hall–Kier alpha value is -2.08. The number of alkyl carbamates (subject to hydrolysis) is 1. The number of amides is 1. The predicted molar refractivity (Wildman–Crippen MR) is 91.1 cm³/mol. The number of nitrogens with zero attached hydrogens (tertiary/aromatic N) is 1. The van der Waals surface area contributed by atoms with E-state index < -0.39 is 11.6 Å². The summed E-state index contributed by atoms with van der Waals surface area (Å²) < 4.78 is 5.28. The first-order valence-electron chi connectivity index (χ1n) is 8.27. The van der Waals surface area contributed by atoms with Crippen molar-refractivity contribution in [2.45, 2.75) is 51.8 Å². The van der Waals surface area contributed by atoms with E-state index in [1.54, 1.807) is 12.1 Å². The molecule has 1 aromatic rings. The Balaban J connectivity index is 1.76. The van der Waals surface area contributed by atoms with Crippen molar-refractivity contribution in [2.24, 2.45) is 0 Å². The largest absolute Gasteiger partial charge is 0.478 e. The van der Waals surface area contributed by atoms with Gasteiger partial charge in [0.05, 0.1) is 5.56 Å². The lowest BCUT2D eigenvalue weighted by Crippen LogP contribution is -2.45. The minimum Gasteiger partial charge on any atom is -0.478 e. The molecule has 6 heteroatoms. The number of hydrogen-bond acceptors (Lipinski definition) is 4. The molecule has 1 aliphatic rings. The van der Waals surface area contributed by atoms with E-state index in [0.29, 0.717) is 5.56 Å². The van der Waals surface area contributed by atoms with Crippen LogP contribution < -0.4 is 5.32 Å². The zero-order chi connectivity index (χ0) is 17.7. The van der Waals surface area contributed by atoms with E-state index in [1.165, 1.54) is 0 Å². The fourth-order valence-electron chi connectivity index (χ4n) is 2.72. The van der Waals surface area contributed by atoms with Gasteiger partial charge in [0.25, 0.3) is 0 Å². The SMILES string of the molecule is CC(C)(C)OC(=O)NC1CCN(Cc2ccc(C(=O)O)cc2)CC1. The maximum atomic E-state index is 11.8. The summed E-state index contributed by atoms with van der Waals surface area (Å²) in [7, 11) is 0. The number of hydrogen-bond donors (Lipinski definition) is 2. The lowest BCUT2D eigenvalue weighted by atomic mass is 10.0. The third-order valence-electron chi connectivity index (χ3n) is 3.92. The lowest BCUT2D eigenvalue weighted by molar-refractivity contribution is 0.0477. The van der Waals surface area contributed by atoms with Crippen molar-refractivity contribution in [3.63, 3.8) is 0 Å². The maximum absolute atomic E-state index is 11.8. The average molecular weight is 334 g/mol. The summed E-state index contributed by atoms with van der Waals surface area (Å²) in [6.07, 6.45) is 1.41. The standard InChI is InChI=1S/C18H26N2O4/c1-18(2,3)24-17(23)19-15-8-10-20(11-9-15)12-13-4-6-14(7-5-13)16(21)22/h4-7,15H,8-12H2,1-3H3,(H,19,23)(H,21,22). The molecule has 6 nitrogen and oxygen atoms in total. The quantitative estimate of drug-likeness (QED) is 0.885. The van der Waals surface area contributed by atoms with Crippen molar-refractivity contribution in [1.82, 2.24) is 10.2 Å². The number of benzene rings is 1. The van der Waals surface area contributed by atoms with Crippen molar-refractivity contribution in [3.05, 3.63) is 35.4 Å². The van der Waals surface area contributed by atoms with Gasteiger partial charge in [-0.1, -0.05) is 12.1 Å². The number of carbonyl (C=O) groups excluding carboxylic acids is 1. The normalized spacial score (nSPS) is 16.6. The molecule has 0 aromatic heterocycles. The Morgan fingerprint density at radius 1 is 1.21 bits per heavy atom. The van der Waals surface area contributed by atoms with Gasteiger partial charge in [-0.3, -0.25) is 4.90 Å². The summed E-state index contributed by atoms with van der Waals surface area (Å²) in [6, 6.07) is 7.12. The van der Waals surface area contributed by atoms with E-state index in [1.807, 2.05) is 32.9 Å². The lowest BCUT2D eigenvalue weighted by Gasteiger charge is -2.32. The second-order valence-electron chi connectivity index (χ2n) is 7.20. The van der Waals surface area contributed by atoms with Crippen LogP contribution in [0.15, 0.2) is 24.3 Å². The highest BCUT2D eigenvalue weighted by Gasteiger charge is 2.23. The molecule has 1 aromatic carbocycles. The van der Waals surface area contributed by atoms with E-state index in [-0.39, 0.29) is 12.1 Å². The van der Waals surface area contributed by atoms with Crippen LogP contribution in [0.4, 0.5) is 4.79 Å². The van der Waals surface area contributed by atoms with Gasteiger partial charge in [-0.15, -0.1) is 0 Å². The Bertz CT molecular complexity index is 570. The highest BCUT2D eigenvalue weighted by molar-refractivity contribution is 5.87. The van der Waals surface area contributed by atoms with Crippen molar-refractivity contribution >= 4 is 12.1 Å². The highest BCUT2D eigenvalue weighted by atomic mass is 16.6. The number of carboxylic acids is 1. The fourth-order valence-corrected chi connectivity index (χ4v) is 2.72. The Kier molecular flexibility index (Phi) is 5.83. The number of piperidine rings is 1. The van der Waals surface area contributed by atoms with Gasteiger partial charge in [0.2, 0.25) is 0 Å². The zero-order valence-corrected chi connectivity index (χ0v) is 14.5. The highest BCUT2D eigenvalue weighted by Crippen LogP contribution is 2.15. The third kappa shape index (κ3) is 5.85. The van der Waals surface area contributed by atoms with Crippen LogP contribution in [0.5, 0.6) is 0 Å². The minimum atomic E-state index is -0.907. The molecule has 0 radical (unpaired) electrons. The zero-order valence-electron chi connectivity index (χ0n) is 14.5. The molecule has 0 saturated carbocycles. The van der Waals surface area contributed by atoms with Crippen molar-refractivity contribution in [1.29, 1.82) is 0 Å². The van der Waals surface area contributed by atoms with Crippen molar-refractivity contribution in [3.8, 4) is 0 Å². The molecule has 0 bridgehead atoms. The number of ether oxygens (including phenoxy) is 1. The molecule has 2 rings (SSSR count). The van der Waals surface area contributed by atoms with E-state index in [4.69, 9.17) is 9.84 Å². The third-order valence-corrected chi connectivity index (χ3v) is 3.92. The van der Waals surface area contributed by atoms with Gasteiger partial charge in [-0.05, 0) is 51.3 Å². The summed E-state index contributed by atoms with van der Waals surface area (Å²) in [5.41, 5.74) is 0.921. The van der Waals surface area contributed by atoms with Gasteiger partial charge in [0.1, 0.15) is 5.60 Å². The van der Waals surface area contributed by atoms with Gasteiger partial charge in [0.15, 0.2) is 0 Å². The van der Waals surface area contributed by atoms with E-state index in [9.17, 15) is 9.59 Å². The Morgan fingerprint density at radius 3 is 2.29 bits per heavy atom. The fraction of sp³-hybridized carbons (Fsp3) is 0.556. The molecule has 1 saturated heterocycles. The predicted octanol–water partition coefficient (Wildman–Crippen LogP) is 2.87. The van der Waals surface area contributed by atoms with Gasteiger partial charge in [-0.2, -0.15) is 0 Å². The topological polar surface area (TPSA) is 78.9 Å². The molecule has 0 aliphatic carbocycles. The van der Waals surface area contributed by atoms with Crippen LogP contribution >= 0.6 is 0 Å². The van der Waals surface area contributed by atoms with E-state index >= 15 is 0 Å². The van der Waals surface area contributed by atoms with Crippen LogP contribution in [0.2, 0.25) is 0 Å². The monoisotopic (exact) mass is 334 g/mol. The van der Waals surface area contributed by atoms with Gasteiger partial charge >= 0.3 is 12.1 Å². The molecule has 1 heterocycles. The van der Waals surface area contributed by atoms with Gasteiger partial charge < -0.3 is 15.2 Å². The molecule has 1 fully saturated rings. The van der Waals surface area contributed by atoms with Crippen LogP contribution in [0.25, 0.3) is 0 Å². The molecule has 0 atom stereocenters. The second kappa shape index (κ2) is 7.66. The smallest absolute Gasteiger partial charge is 0.407 e. The number of carbonyl (C=O) groups is 2. The molecule has 132 valence electrons. The molecule has 0 unspecified atom stereocenters. The molecule has 1 amide bonds. The number of rotatable bonds is 4. The minimum absolute atomic E-state index is 0.144. The van der Waals surface area contributed by atoms with E-state index in [0.717, 1.165) is 38.0 Å². The average Bonchev–Trinajstić information content (AvgIpc) is 2.48. The number of likely N-dealkylation sites (tertiary alicyclic amines) is 1. The molecule has 24 heavy (non-hydrogen) atoms. The molecular formula is C18H26N2O4. The Morgan fingerprint density at radius 2 is 1.79 bits per heavy atom. The van der Waals surface area contributed by atoms with E-state index in [2.05, 4.69) is 10.2 Å². The molecule has 1 aliphatic heterocycles. The van der Waals surface area contributed by atoms with Crippen LogP contribution in [-0.4, -0.2) is 46.8 Å². The molecule has 0 spiro atoms. The number of carboxylic acid groups (broad SMARTS) is 1. The van der Waals surface area contributed by atoms with Gasteiger partial charge in [0, 0.05) is 25.7 Å². The summed E-state index contributed by atoms with van der Waals surface area (Å²) in [5.74, 6) is -0.907. The maximum Gasteiger partial charge on any atom is 0.407 e. The first kappa shape index (κ1) is 18.3. The number of nitrogens with one attached hydrogen (secondary N) is 1. The van der Waals surface area contributed by atoms with Crippen molar-refractivity contribution < 1.29 is 19.4 Å². The van der Waals surface area contributed by atoms with Crippen LogP contribution in [0.3, 0.4) is 0 Å². The molecular weight excluding hydrogens is 308 g/mol. The second-order valence-corrected chi connectivity index (χ2v) is 7.20. The summed E-state index contributed by atoms with van der Waals surface area (Å²) in [5, 5.41) is 11.8. The summed E-state index contributed by atoms with van der Waals surface area (Å²) in [6.45, 7) is 8.13. The number of aromatic carboxylic acids is 1. The van der Waals surface area contributed by atoms with Crippen LogP contribution in [0, 0.1) is 0 Å². The Labute approximate surface area is 142 Å². The van der Waals surface area contributed by atoms with Crippen LogP contribution in [0.1, 0.15) is 49.5 Å². The molecule has 2 N–H and O–H groups in total. The summed E-state index contributed by atoms with van der Waals surface area (Å²) in [4.78, 5) is 25.0.